The number of aliphatic carboxylic acids is 1. The number of rotatable bonds is 11. The van der Waals surface area contributed by atoms with E-state index in [1.54, 1.807) is 67.5 Å². The lowest BCUT2D eigenvalue weighted by atomic mass is 9.98. The van der Waals surface area contributed by atoms with Gasteiger partial charge in [-0.25, -0.2) is 18.9 Å². The molecule has 2 aromatic carbocycles. The van der Waals surface area contributed by atoms with E-state index in [9.17, 15) is 19.1 Å². The minimum atomic E-state index is -1.16. The van der Waals surface area contributed by atoms with E-state index in [1.807, 2.05) is 6.92 Å². The molecular formula is C28H29FN6O4. The van der Waals surface area contributed by atoms with Crippen molar-refractivity contribution >= 4 is 17.7 Å². The van der Waals surface area contributed by atoms with E-state index in [1.165, 1.54) is 12.1 Å². The van der Waals surface area contributed by atoms with E-state index < -0.39 is 23.7 Å². The summed E-state index contributed by atoms with van der Waals surface area (Å²) in [6.07, 6.45) is 3.94. The average Bonchev–Trinajstić information content (AvgIpc) is 3.40. The molecule has 0 spiro atoms. The van der Waals surface area contributed by atoms with E-state index in [0.29, 0.717) is 52.5 Å². The molecule has 0 saturated carbocycles. The molecule has 3 N–H and O–H groups in total. The number of ether oxygens (including phenoxy) is 1. The van der Waals surface area contributed by atoms with Crippen molar-refractivity contribution in [2.45, 2.75) is 39.3 Å². The smallest absolute Gasteiger partial charge is 0.326 e. The second kappa shape index (κ2) is 12.2. The summed E-state index contributed by atoms with van der Waals surface area (Å²) in [5.74, 6) is -0.795. The van der Waals surface area contributed by atoms with Crippen LogP contribution in [0.15, 0.2) is 60.9 Å². The standard InChI is InChI=1S/C28H29FN6O4/c1-4-19-13-20(29)11-17(2)26(19)27(36)32-24(28(37)38)12-18-5-7-22(8-6-18)35-16-21(33-34-35)15-31-25-14-23(39-3)9-10-30-25/h5-11,13-14,16,24H,4,12,15H2,1-3H3,(H,30,31)(H,32,36)(H,37,38). The fraction of sp³-hybridized carbons (Fsp3) is 0.250. The Bertz CT molecular complexity index is 1470. The van der Waals surface area contributed by atoms with Crippen LogP contribution in [-0.2, 0) is 24.2 Å². The van der Waals surface area contributed by atoms with Gasteiger partial charge in [0, 0.05) is 24.2 Å². The Balaban J connectivity index is 1.40. The first-order valence-electron chi connectivity index (χ1n) is 12.3. The molecule has 1 amide bonds. The fourth-order valence-electron chi connectivity index (χ4n) is 4.19. The molecule has 0 saturated heterocycles. The van der Waals surface area contributed by atoms with Gasteiger partial charge in [-0.15, -0.1) is 5.10 Å². The number of anilines is 1. The van der Waals surface area contributed by atoms with E-state index in [4.69, 9.17) is 4.74 Å². The molecule has 0 aliphatic rings. The van der Waals surface area contributed by atoms with Gasteiger partial charge in [0.15, 0.2) is 0 Å². The van der Waals surface area contributed by atoms with Crippen molar-refractivity contribution in [2.75, 3.05) is 12.4 Å². The number of benzene rings is 2. The zero-order chi connectivity index (χ0) is 27.9. The molecule has 4 rings (SSSR count). The number of carboxylic acid groups (broad SMARTS) is 1. The molecule has 2 heterocycles. The van der Waals surface area contributed by atoms with Crippen molar-refractivity contribution in [3.63, 3.8) is 0 Å². The summed E-state index contributed by atoms with van der Waals surface area (Å²) in [5.41, 5.74) is 3.44. The molecule has 1 unspecified atom stereocenters. The Morgan fingerprint density at radius 1 is 1.15 bits per heavy atom. The number of aryl methyl sites for hydroxylation is 2. The van der Waals surface area contributed by atoms with E-state index in [0.717, 1.165) is 5.69 Å². The van der Waals surface area contributed by atoms with Gasteiger partial charge in [-0.05, 0) is 60.4 Å². The SMILES string of the molecule is CCc1cc(F)cc(C)c1C(=O)NC(Cc1ccc(-n2cc(CNc3cc(OC)ccn3)nn2)cc1)C(=O)O. The van der Waals surface area contributed by atoms with Gasteiger partial charge in [0.2, 0.25) is 0 Å². The number of pyridine rings is 1. The zero-order valence-electron chi connectivity index (χ0n) is 21.8. The van der Waals surface area contributed by atoms with E-state index in [-0.39, 0.29) is 6.42 Å². The molecule has 1 atom stereocenters. The summed E-state index contributed by atoms with van der Waals surface area (Å²) in [6.45, 7) is 3.85. The minimum absolute atomic E-state index is 0.0725. The number of carboxylic acids is 1. The van der Waals surface area contributed by atoms with Crippen molar-refractivity contribution in [3.05, 3.63) is 94.7 Å². The van der Waals surface area contributed by atoms with Gasteiger partial charge >= 0.3 is 5.97 Å². The van der Waals surface area contributed by atoms with Gasteiger partial charge in [0.1, 0.15) is 29.1 Å². The van der Waals surface area contributed by atoms with Gasteiger partial charge in [0.25, 0.3) is 5.91 Å². The molecule has 202 valence electrons. The number of hydrogen-bond donors (Lipinski definition) is 3. The number of carbonyl (C=O) groups excluding carboxylic acids is 1. The molecule has 0 aliphatic carbocycles. The zero-order valence-corrected chi connectivity index (χ0v) is 21.8. The molecule has 0 aliphatic heterocycles. The molecule has 0 bridgehead atoms. The Morgan fingerprint density at radius 3 is 2.62 bits per heavy atom. The summed E-state index contributed by atoms with van der Waals surface area (Å²) >= 11 is 0. The maximum atomic E-state index is 13.8. The Kier molecular flexibility index (Phi) is 8.50. The van der Waals surface area contributed by atoms with Crippen molar-refractivity contribution in [2.24, 2.45) is 0 Å². The Labute approximate surface area is 224 Å². The summed E-state index contributed by atoms with van der Waals surface area (Å²) in [7, 11) is 1.59. The van der Waals surface area contributed by atoms with Crippen LogP contribution < -0.4 is 15.4 Å². The number of halogens is 1. The van der Waals surface area contributed by atoms with Gasteiger partial charge < -0.3 is 20.5 Å². The van der Waals surface area contributed by atoms with Crippen molar-refractivity contribution in [3.8, 4) is 11.4 Å². The molecule has 39 heavy (non-hydrogen) atoms. The minimum Gasteiger partial charge on any atom is -0.497 e. The second-order valence-electron chi connectivity index (χ2n) is 8.93. The van der Waals surface area contributed by atoms with Crippen molar-refractivity contribution < 1.29 is 23.8 Å². The lowest BCUT2D eigenvalue weighted by Gasteiger charge is -2.17. The number of methoxy groups -OCH3 is 1. The lowest BCUT2D eigenvalue weighted by molar-refractivity contribution is -0.139. The third-order valence-corrected chi connectivity index (χ3v) is 6.19. The average molecular weight is 533 g/mol. The number of hydrogen-bond acceptors (Lipinski definition) is 7. The van der Waals surface area contributed by atoms with Crippen molar-refractivity contribution in [1.82, 2.24) is 25.3 Å². The van der Waals surface area contributed by atoms with Crippen LogP contribution in [0.4, 0.5) is 10.2 Å². The number of aromatic nitrogens is 4. The topological polar surface area (TPSA) is 131 Å². The summed E-state index contributed by atoms with van der Waals surface area (Å²) in [4.78, 5) is 29.1. The number of nitrogens with one attached hydrogen (secondary N) is 2. The highest BCUT2D eigenvalue weighted by molar-refractivity contribution is 5.99. The Morgan fingerprint density at radius 2 is 1.92 bits per heavy atom. The highest BCUT2D eigenvalue weighted by Crippen LogP contribution is 2.19. The van der Waals surface area contributed by atoms with E-state index >= 15 is 0 Å². The van der Waals surface area contributed by atoms with Crippen LogP contribution in [-0.4, -0.2) is 50.1 Å². The maximum absolute atomic E-state index is 13.8. The number of nitrogens with zero attached hydrogens (tertiary/aromatic N) is 4. The van der Waals surface area contributed by atoms with Crippen LogP contribution in [0.2, 0.25) is 0 Å². The molecule has 10 nitrogen and oxygen atoms in total. The van der Waals surface area contributed by atoms with Crippen LogP contribution >= 0.6 is 0 Å². The van der Waals surface area contributed by atoms with Crippen molar-refractivity contribution in [1.29, 1.82) is 0 Å². The monoisotopic (exact) mass is 532 g/mol. The fourth-order valence-corrected chi connectivity index (χ4v) is 4.19. The Hall–Kier alpha value is -4.80. The van der Waals surface area contributed by atoms with Crippen LogP contribution in [0.1, 0.15) is 39.7 Å². The van der Waals surface area contributed by atoms with E-state index in [2.05, 4.69) is 25.9 Å². The van der Waals surface area contributed by atoms with Gasteiger partial charge in [-0.1, -0.05) is 24.3 Å². The predicted molar refractivity (Wildman–Crippen MR) is 143 cm³/mol. The van der Waals surface area contributed by atoms with Crippen LogP contribution in [0.3, 0.4) is 0 Å². The largest absolute Gasteiger partial charge is 0.497 e. The highest BCUT2D eigenvalue weighted by atomic mass is 19.1. The molecular weight excluding hydrogens is 503 g/mol. The summed E-state index contributed by atoms with van der Waals surface area (Å²) in [5, 5.41) is 23.8. The molecule has 4 aromatic rings. The van der Waals surface area contributed by atoms with Gasteiger partial charge in [-0.3, -0.25) is 4.79 Å². The lowest BCUT2D eigenvalue weighted by Crippen LogP contribution is -2.42. The van der Waals surface area contributed by atoms with Crippen LogP contribution in [0.5, 0.6) is 5.75 Å². The predicted octanol–water partition coefficient (Wildman–Crippen LogP) is 3.72. The van der Waals surface area contributed by atoms with Gasteiger partial charge in [-0.2, -0.15) is 0 Å². The number of amides is 1. The molecule has 2 aromatic heterocycles. The van der Waals surface area contributed by atoms with Crippen LogP contribution in [0.25, 0.3) is 5.69 Å². The third-order valence-electron chi connectivity index (χ3n) is 6.19. The second-order valence-corrected chi connectivity index (χ2v) is 8.93. The molecule has 11 heteroatoms. The summed E-state index contributed by atoms with van der Waals surface area (Å²) < 4.78 is 20.6. The quantitative estimate of drug-likeness (QED) is 0.266. The highest BCUT2D eigenvalue weighted by Gasteiger charge is 2.24. The molecule has 0 fully saturated rings. The first kappa shape index (κ1) is 27.2. The normalized spacial score (nSPS) is 11.6. The third kappa shape index (κ3) is 6.75. The maximum Gasteiger partial charge on any atom is 0.326 e. The van der Waals surface area contributed by atoms with Crippen LogP contribution in [0, 0.1) is 12.7 Å². The number of carbonyl (C=O) groups is 2. The first-order chi connectivity index (χ1) is 18.8. The first-order valence-corrected chi connectivity index (χ1v) is 12.3. The van der Waals surface area contributed by atoms with Gasteiger partial charge in [0.05, 0.1) is 25.5 Å². The summed E-state index contributed by atoms with van der Waals surface area (Å²) in [6, 6.07) is 12.1. The molecule has 0 radical (unpaired) electrons.